The highest BCUT2D eigenvalue weighted by Crippen LogP contribution is 2.25. The highest BCUT2D eigenvalue weighted by Gasteiger charge is 2.29. The lowest BCUT2D eigenvalue weighted by Gasteiger charge is -2.28. The third-order valence-electron chi connectivity index (χ3n) is 4.63. The summed E-state index contributed by atoms with van der Waals surface area (Å²) in [7, 11) is -2.16. The monoisotopic (exact) mass is 448 g/mol. The number of anilines is 1. The van der Waals surface area contributed by atoms with Crippen molar-refractivity contribution in [1.29, 1.82) is 0 Å². The van der Waals surface area contributed by atoms with Gasteiger partial charge in [-0.15, -0.1) is 0 Å². The van der Waals surface area contributed by atoms with Gasteiger partial charge in [0.1, 0.15) is 17.5 Å². The van der Waals surface area contributed by atoms with E-state index in [-0.39, 0.29) is 12.0 Å². The molecule has 7 nitrogen and oxygen atoms in total. The van der Waals surface area contributed by atoms with Gasteiger partial charge in [0.2, 0.25) is 15.9 Å². The van der Waals surface area contributed by atoms with E-state index in [1.54, 1.807) is 31.2 Å². The summed E-state index contributed by atoms with van der Waals surface area (Å²) in [6.07, 6.45) is 2.75. The molecule has 0 saturated carbocycles. The van der Waals surface area contributed by atoms with Gasteiger partial charge in [-0.3, -0.25) is 9.10 Å². The summed E-state index contributed by atoms with van der Waals surface area (Å²) < 4.78 is 36.7. The molecule has 2 aromatic rings. The summed E-state index contributed by atoms with van der Waals surface area (Å²) in [5, 5.41) is 2.84. The first kappa shape index (κ1) is 24.5. The van der Waals surface area contributed by atoms with Crippen LogP contribution in [0.4, 0.5) is 5.69 Å². The molecule has 0 fully saturated rings. The average molecular weight is 449 g/mol. The lowest BCUT2D eigenvalue weighted by atomic mass is 10.1. The minimum atomic E-state index is -3.67. The SMILES string of the molecule is COc1cccc(N(C(C)C(=O)NCCCc2ccc(OC(C)C)cc2)S(C)(=O)=O)c1. The van der Waals surface area contributed by atoms with Gasteiger partial charge in [-0.2, -0.15) is 0 Å². The van der Waals surface area contributed by atoms with E-state index in [0.29, 0.717) is 18.0 Å². The van der Waals surface area contributed by atoms with E-state index in [1.807, 2.05) is 38.1 Å². The fraction of sp³-hybridized carbons (Fsp3) is 0.435. The first-order chi connectivity index (χ1) is 14.6. The molecule has 0 spiro atoms. The minimum absolute atomic E-state index is 0.131. The quantitative estimate of drug-likeness (QED) is 0.533. The summed E-state index contributed by atoms with van der Waals surface area (Å²) in [5.41, 5.74) is 1.53. The lowest BCUT2D eigenvalue weighted by molar-refractivity contribution is -0.121. The first-order valence-corrected chi connectivity index (χ1v) is 12.1. The molecule has 0 bridgehead atoms. The molecule has 0 saturated heterocycles. The number of hydrogen-bond donors (Lipinski definition) is 1. The summed E-state index contributed by atoms with van der Waals surface area (Å²) in [6, 6.07) is 13.6. The largest absolute Gasteiger partial charge is 0.497 e. The fourth-order valence-corrected chi connectivity index (χ4v) is 4.38. The summed E-state index contributed by atoms with van der Waals surface area (Å²) in [6.45, 7) is 5.99. The molecule has 1 atom stereocenters. The number of nitrogens with one attached hydrogen (secondary N) is 1. The van der Waals surface area contributed by atoms with Crippen LogP contribution in [-0.2, 0) is 21.2 Å². The Morgan fingerprint density at radius 2 is 1.74 bits per heavy atom. The van der Waals surface area contributed by atoms with E-state index >= 15 is 0 Å². The van der Waals surface area contributed by atoms with E-state index < -0.39 is 16.1 Å². The third-order valence-corrected chi connectivity index (χ3v) is 5.87. The van der Waals surface area contributed by atoms with Gasteiger partial charge in [0, 0.05) is 12.6 Å². The van der Waals surface area contributed by atoms with Crippen molar-refractivity contribution in [1.82, 2.24) is 5.32 Å². The Bertz CT molecular complexity index is 958. The van der Waals surface area contributed by atoms with Crippen molar-refractivity contribution in [2.45, 2.75) is 45.8 Å². The summed E-state index contributed by atoms with van der Waals surface area (Å²) >= 11 is 0. The number of ether oxygens (including phenoxy) is 2. The van der Waals surface area contributed by atoms with Crippen LogP contribution < -0.4 is 19.1 Å². The van der Waals surface area contributed by atoms with Crippen LogP contribution in [0, 0.1) is 0 Å². The normalized spacial score (nSPS) is 12.3. The second kappa shape index (κ2) is 11.0. The maximum Gasteiger partial charge on any atom is 0.243 e. The maximum atomic E-state index is 12.7. The fourth-order valence-electron chi connectivity index (χ4n) is 3.22. The molecule has 8 heteroatoms. The average Bonchev–Trinajstić information content (AvgIpc) is 2.71. The first-order valence-electron chi connectivity index (χ1n) is 10.3. The zero-order valence-corrected chi connectivity index (χ0v) is 19.6. The number of rotatable bonds is 11. The Labute approximate surface area is 185 Å². The van der Waals surface area contributed by atoms with Crippen LogP contribution in [0.25, 0.3) is 0 Å². The number of aryl methyl sites for hydroxylation is 1. The second-order valence-corrected chi connectivity index (χ2v) is 9.50. The predicted octanol–water partition coefficient (Wildman–Crippen LogP) is 3.39. The van der Waals surface area contributed by atoms with Crippen molar-refractivity contribution in [2.24, 2.45) is 0 Å². The maximum absolute atomic E-state index is 12.7. The van der Waals surface area contributed by atoms with Crippen LogP contribution in [-0.4, -0.2) is 46.4 Å². The topological polar surface area (TPSA) is 84.9 Å². The second-order valence-electron chi connectivity index (χ2n) is 7.64. The zero-order valence-electron chi connectivity index (χ0n) is 18.8. The molecule has 0 heterocycles. The van der Waals surface area contributed by atoms with Crippen LogP contribution in [0.15, 0.2) is 48.5 Å². The van der Waals surface area contributed by atoms with E-state index in [4.69, 9.17) is 9.47 Å². The summed E-state index contributed by atoms with van der Waals surface area (Å²) in [4.78, 5) is 12.7. The van der Waals surface area contributed by atoms with Crippen LogP contribution in [0.5, 0.6) is 11.5 Å². The predicted molar refractivity (Wildman–Crippen MR) is 123 cm³/mol. The number of carbonyl (C=O) groups is 1. The minimum Gasteiger partial charge on any atom is -0.497 e. The van der Waals surface area contributed by atoms with Gasteiger partial charge in [0.05, 0.1) is 25.2 Å². The van der Waals surface area contributed by atoms with Gasteiger partial charge in [0.15, 0.2) is 0 Å². The van der Waals surface area contributed by atoms with Crippen LogP contribution in [0.2, 0.25) is 0 Å². The molecule has 170 valence electrons. The summed E-state index contributed by atoms with van der Waals surface area (Å²) in [5.74, 6) is 0.997. The highest BCUT2D eigenvalue weighted by molar-refractivity contribution is 7.92. The molecular weight excluding hydrogens is 416 g/mol. The number of nitrogens with zero attached hydrogens (tertiary/aromatic N) is 1. The van der Waals surface area contributed by atoms with E-state index in [1.165, 1.54) is 7.11 Å². The molecule has 2 aromatic carbocycles. The standard InChI is InChI=1S/C23H32N2O5S/c1-17(2)30-21-13-11-19(12-14-21)8-7-15-24-23(26)18(3)25(31(5,27)28)20-9-6-10-22(16-20)29-4/h6,9-14,16-18H,7-8,15H2,1-5H3,(H,24,26). The van der Waals surface area contributed by atoms with Gasteiger partial charge >= 0.3 is 0 Å². The highest BCUT2D eigenvalue weighted by atomic mass is 32.2. The van der Waals surface area contributed by atoms with Crippen LogP contribution in [0.3, 0.4) is 0 Å². The Balaban J connectivity index is 1.93. The smallest absolute Gasteiger partial charge is 0.243 e. The van der Waals surface area contributed by atoms with E-state index in [9.17, 15) is 13.2 Å². The van der Waals surface area contributed by atoms with Crippen molar-refractivity contribution in [2.75, 3.05) is 24.2 Å². The number of amides is 1. The molecule has 1 unspecified atom stereocenters. The van der Waals surface area contributed by atoms with Gasteiger partial charge in [-0.25, -0.2) is 8.42 Å². The number of methoxy groups -OCH3 is 1. The van der Waals surface area contributed by atoms with Gasteiger partial charge in [-0.05, 0) is 63.4 Å². The van der Waals surface area contributed by atoms with Crippen LogP contribution in [0.1, 0.15) is 32.8 Å². The molecule has 0 aliphatic heterocycles. The van der Waals surface area contributed by atoms with E-state index in [2.05, 4.69) is 5.32 Å². The lowest BCUT2D eigenvalue weighted by Crippen LogP contribution is -2.48. The third kappa shape index (κ3) is 7.47. The van der Waals surface area contributed by atoms with Crippen molar-refractivity contribution in [3.63, 3.8) is 0 Å². The molecular formula is C23H32N2O5S. The van der Waals surface area contributed by atoms with Crippen molar-refractivity contribution < 1.29 is 22.7 Å². The number of hydrogen-bond acceptors (Lipinski definition) is 5. The Morgan fingerprint density at radius 3 is 2.32 bits per heavy atom. The number of sulfonamides is 1. The number of benzene rings is 2. The van der Waals surface area contributed by atoms with Gasteiger partial charge < -0.3 is 14.8 Å². The Morgan fingerprint density at radius 1 is 1.06 bits per heavy atom. The Kier molecular flexibility index (Phi) is 8.74. The van der Waals surface area contributed by atoms with Crippen LogP contribution >= 0.6 is 0 Å². The van der Waals surface area contributed by atoms with Gasteiger partial charge in [-0.1, -0.05) is 18.2 Å². The molecule has 31 heavy (non-hydrogen) atoms. The molecule has 0 aromatic heterocycles. The molecule has 2 rings (SSSR count). The van der Waals surface area contributed by atoms with E-state index in [0.717, 1.165) is 34.7 Å². The van der Waals surface area contributed by atoms with Crippen molar-refractivity contribution >= 4 is 21.6 Å². The van der Waals surface area contributed by atoms with Crippen molar-refractivity contribution in [3.8, 4) is 11.5 Å². The molecule has 1 amide bonds. The number of carbonyl (C=O) groups excluding carboxylic acids is 1. The molecule has 0 aliphatic carbocycles. The Hall–Kier alpha value is -2.74. The zero-order chi connectivity index (χ0) is 23.0. The van der Waals surface area contributed by atoms with Gasteiger partial charge in [0.25, 0.3) is 0 Å². The molecule has 0 radical (unpaired) electrons. The molecule has 0 aliphatic rings. The van der Waals surface area contributed by atoms with Crippen molar-refractivity contribution in [3.05, 3.63) is 54.1 Å². The molecule has 1 N–H and O–H groups in total.